The molecule has 0 aliphatic rings. The standard InChI is InChI=1S/C9H8N2O3.3C4H9.Sn/c1-13-7-4-2-6(3-5-7)8-10-11-9(12)14-8;3*1-3-4-2;/h2-5H,1H3,(H,11,12);3*1,3-4H2,2H3;/q;;;;+1/p-1. The molecule has 0 spiro atoms. The average molecular weight is 481 g/mol. The second kappa shape index (κ2) is 10.9. The van der Waals surface area contributed by atoms with E-state index >= 15 is 0 Å². The maximum absolute atomic E-state index is 12.8. The molecule has 0 unspecified atom stereocenters. The SMILES string of the molecule is CCC[CH2][Sn]([CH2]CCC)([CH2]CCC)[n]1nc(-c2ccc(OC)cc2)oc1=O. The van der Waals surface area contributed by atoms with Gasteiger partial charge in [-0.3, -0.25) is 0 Å². The zero-order valence-corrected chi connectivity index (χ0v) is 20.1. The summed E-state index contributed by atoms with van der Waals surface area (Å²) in [6, 6.07) is 7.54. The Morgan fingerprint density at radius 1 is 0.963 bits per heavy atom. The summed E-state index contributed by atoms with van der Waals surface area (Å²) in [5.41, 5.74) is 0.827. The topological polar surface area (TPSA) is 57.3 Å². The van der Waals surface area contributed by atoms with Crippen molar-refractivity contribution in [3.8, 4) is 17.2 Å². The summed E-state index contributed by atoms with van der Waals surface area (Å²) in [4.78, 5) is 12.8. The third-order valence-electron chi connectivity index (χ3n) is 5.32. The Labute approximate surface area is 167 Å². The average Bonchev–Trinajstić information content (AvgIpc) is 3.10. The minimum absolute atomic E-state index is 0.250. The Kier molecular flexibility index (Phi) is 8.93. The first kappa shape index (κ1) is 22.1. The van der Waals surface area contributed by atoms with E-state index in [1.165, 1.54) is 32.6 Å². The van der Waals surface area contributed by atoms with Crippen molar-refractivity contribution in [2.45, 2.75) is 72.6 Å². The Morgan fingerprint density at radius 3 is 1.93 bits per heavy atom. The number of ether oxygens (including phenoxy) is 1. The molecule has 0 N–H and O–H groups in total. The van der Waals surface area contributed by atoms with E-state index in [9.17, 15) is 4.79 Å². The van der Waals surface area contributed by atoms with Crippen LogP contribution in [0.2, 0.25) is 13.3 Å². The summed E-state index contributed by atoms with van der Waals surface area (Å²) < 4.78 is 16.3. The van der Waals surface area contributed by atoms with Crippen LogP contribution in [0.15, 0.2) is 33.5 Å². The van der Waals surface area contributed by atoms with Gasteiger partial charge in [0.1, 0.15) is 0 Å². The first-order valence-corrected chi connectivity index (χ1v) is 17.7. The van der Waals surface area contributed by atoms with E-state index in [-0.39, 0.29) is 5.76 Å². The van der Waals surface area contributed by atoms with Gasteiger partial charge in [0.05, 0.1) is 0 Å². The quantitative estimate of drug-likeness (QED) is 0.365. The number of unbranched alkanes of at least 4 members (excludes halogenated alkanes) is 3. The third-order valence-corrected chi connectivity index (χ3v) is 19.7. The Balaban J connectivity index is 2.43. The number of benzene rings is 1. The number of aromatic nitrogens is 2. The third kappa shape index (κ3) is 5.62. The van der Waals surface area contributed by atoms with E-state index in [2.05, 4.69) is 20.8 Å². The van der Waals surface area contributed by atoms with Crippen LogP contribution in [0.25, 0.3) is 11.5 Å². The molecule has 150 valence electrons. The fourth-order valence-corrected chi connectivity index (χ4v) is 18.4. The van der Waals surface area contributed by atoms with Crippen molar-refractivity contribution >= 4 is 18.7 Å². The molecule has 6 heteroatoms. The van der Waals surface area contributed by atoms with Gasteiger partial charge < -0.3 is 0 Å². The van der Waals surface area contributed by atoms with Gasteiger partial charge in [-0.1, -0.05) is 0 Å². The Hall–Kier alpha value is -1.24. The van der Waals surface area contributed by atoms with Crippen LogP contribution in [-0.4, -0.2) is 33.8 Å². The molecule has 0 bridgehead atoms. The summed E-state index contributed by atoms with van der Waals surface area (Å²) in [7, 11) is 1.64. The summed E-state index contributed by atoms with van der Waals surface area (Å²) in [5.74, 6) is 0.969. The van der Waals surface area contributed by atoms with Gasteiger partial charge in [0.2, 0.25) is 0 Å². The molecule has 27 heavy (non-hydrogen) atoms. The van der Waals surface area contributed by atoms with E-state index in [1.807, 2.05) is 27.2 Å². The second-order valence-corrected chi connectivity index (χ2v) is 19.8. The fourth-order valence-electron chi connectivity index (χ4n) is 3.64. The van der Waals surface area contributed by atoms with Gasteiger partial charge in [0.25, 0.3) is 0 Å². The predicted molar refractivity (Wildman–Crippen MR) is 113 cm³/mol. The van der Waals surface area contributed by atoms with E-state index in [0.29, 0.717) is 5.89 Å². The second-order valence-electron chi connectivity index (χ2n) is 7.35. The van der Waals surface area contributed by atoms with Crippen LogP contribution < -0.4 is 10.5 Å². The predicted octanol–water partition coefficient (Wildman–Crippen LogP) is 5.71. The van der Waals surface area contributed by atoms with Gasteiger partial charge in [-0.05, 0) is 0 Å². The molecule has 0 atom stereocenters. The van der Waals surface area contributed by atoms with E-state index in [1.54, 1.807) is 7.11 Å². The monoisotopic (exact) mass is 482 g/mol. The van der Waals surface area contributed by atoms with Crippen LogP contribution in [0.4, 0.5) is 0 Å². The summed E-state index contributed by atoms with van der Waals surface area (Å²) >= 11 is -2.95. The molecule has 1 heterocycles. The number of rotatable bonds is 12. The van der Waals surface area contributed by atoms with Crippen molar-refractivity contribution in [1.82, 2.24) is 8.00 Å². The molecule has 0 amide bonds. The number of nitrogens with zero attached hydrogens (tertiary/aromatic N) is 2. The van der Waals surface area contributed by atoms with Gasteiger partial charge in [-0.25, -0.2) is 0 Å². The molecule has 0 saturated heterocycles. The van der Waals surface area contributed by atoms with E-state index in [0.717, 1.165) is 30.6 Å². The minimum atomic E-state index is -2.95. The number of hydrogen-bond donors (Lipinski definition) is 0. The van der Waals surface area contributed by atoms with E-state index in [4.69, 9.17) is 14.3 Å². The molecule has 0 radical (unpaired) electrons. The number of hydrogen-bond acceptors (Lipinski definition) is 4. The van der Waals surface area contributed by atoms with Crippen LogP contribution in [0.3, 0.4) is 0 Å². The zero-order chi connectivity index (χ0) is 19.7. The molecular formula is C21H34N2O3Sn. The van der Waals surface area contributed by atoms with Gasteiger partial charge in [0, 0.05) is 0 Å². The maximum atomic E-state index is 12.8. The van der Waals surface area contributed by atoms with Gasteiger partial charge >= 0.3 is 168 Å². The van der Waals surface area contributed by atoms with Gasteiger partial charge in [-0.15, -0.1) is 0 Å². The summed E-state index contributed by atoms with van der Waals surface area (Å²) in [6.07, 6.45) is 7.03. The van der Waals surface area contributed by atoms with Crippen molar-refractivity contribution < 1.29 is 9.15 Å². The first-order valence-electron chi connectivity index (χ1n) is 10.3. The number of methoxy groups -OCH3 is 1. The van der Waals surface area contributed by atoms with Crippen molar-refractivity contribution in [2.75, 3.05) is 7.11 Å². The summed E-state index contributed by atoms with van der Waals surface area (Å²) in [5, 5.41) is 4.76. The molecule has 1 aromatic heterocycles. The molecule has 2 rings (SSSR count). The van der Waals surface area contributed by atoms with Crippen LogP contribution in [0.5, 0.6) is 5.75 Å². The normalized spacial score (nSPS) is 11.7. The zero-order valence-electron chi connectivity index (χ0n) is 17.3. The van der Waals surface area contributed by atoms with E-state index < -0.39 is 18.7 Å². The van der Waals surface area contributed by atoms with Crippen molar-refractivity contribution in [3.63, 3.8) is 0 Å². The molecule has 1 aromatic carbocycles. The summed E-state index contributed by atoms with van der Waals surface area (Å²) in [6.45, 7) is 6.68. The van der Waals surface area contributed by atoms with Gasteiger partial charge in [-0.2, -0.15) is 0 Å². The molecule has 0 aliphatic heterocycles. The molecule has 0 aliphatic carbocycles. The van der Waals surface area contributed by atoms with Crippen LogP contribution in [0.1, 0.15) is 59.3 Å². The Bertz CT molecular complexity index is 715. The van der Waals surface area contributed by atoms with Crippen molar-refractivity contribution in [3.05, 3.63) is 34.8 Å². The van der Waals surface area contributed by atoms with Crippen molar-refractivity contribution in [2.24, 2.45) is 0 Å². The molecular weight excluding hydrogens is 447 g/mol. The van der Waals surface area contributed by atoms with Crippen LogP contribution >= 0.6 is 0 Å². The molecule has 0 saturated carbocycles. The van der Waals surface area contributed by atoms with Crippen LogP contribution in [-0.2, 0) is 0 Å². The Morgan fingerprint density at radius 2 is 1.48 bits per heavy atom. The molecule has 5 nitrogen and oxygen atoms in total. The van der Waals surface area contributed by atoms with Crippen molar-refractivity contribution in [1.29, 1.82) is 0 Å². The fraction of sp³-hybridized carbons (Fsp3) is 0.619. The molecule has 0 fully saturated rings. The first-order chi connectivity index (χ1) is 13.1. The van der Waals surface area contributed by atoms with Crippen LogP contribution in [0, 0.1) is 0 Å². The molecule has 2 aromatic rings. The van der Waals surface area contributed by atoms with Gasteiger partial charge in [0.15, 0.2) is 0 Å².